The Morgan fingerprint density at radius 3 is 2.14 bits per heavy atom. The summed E-state index contributed by atoms with van der Waals surface area (Å²) in [6, 6.07) is 12.0. The van der Waals surface area contributed by atoms with Crippen molar-refractivity contribution in [3.05, 3.63) is 59.4 Å². The number of benzene rings is 2. The van der Waals surface area contributed by atoms with Crippen molar-refractivity contribution >= 4 is 5.91 Å². The molecule has 28 heavy (non-hydrogen) atoms. The van der Waals surface area contributed by atoms with Crippen molar-refractivity contribution in [2.45, 2.75) is 43.9 Å². The fourth-order valence-corrected chi connectivity index (χ4v) is 6.26. The average Bonchev–Trinajstić information content (AvgIpc) is 2.68. The smallest absolute Gasteiger partial charge is 0.274 e. The highest BCUT2D eigenvalue weighted by molar-refractivity contribution is 5.93. The van der Waals surface area contributed by atoms with Gasteiger partial charge in [0.25, 0.3) is 5.91 Å². The van der Waals surface area contributed by atoms with E-state index in [0.717, 1.165) is 23.8 Å². The summed E-state index contributed by atoms with van der Waals surface area (Å²) >= 11 is 0. The number of hydroxylamine groups is 1. The van der Waals surface area contributed by atoms with E-state index in [0.29, 0.717) is 11.2 Å². The Labute approximate surface area is 163 Å². The summed E-state index contributed by atoms with van der Waals surface area (Å²) in [6.45, 7) is 0. The molecular formula is C23H24FNO3. The van der Waals surface area contributed by atoms with Crippen LogP contribution >= 0.6 is 0 Å². The van der Waals surface area contributed by atoms with E-state index in [2.05, 4.69) is 12.1 Å². The van der Waals surface area contributed by atoms with Gasteiger partial charge in [-0.15, -0.1) is 0 Å². The second-order valence-electron chi connectivity index (χ2n) is 8.91. The van der Waals surface area contributed by atoms with Crippen molar-refractivity contribution in [3.8, 4) is 11.5 Å². The fourth-order valence-electron chi connectivity index (χ4n) is 6.26. The summed E-state index contributed by atoms with van der Waals surface area (Å²) in [6.07, 6.45) is 8.19. The molecule has 4 aliphatic carbocycles. The molecule has 2 aromatic rings. The van der Waals surface area contributed by atoms with Gasteiger partial charge in [-0.3, -0.25) is 10.0 Å². The van der Waals surface area contributed by atoms with Crippen LogP contribution < -0.4 is 10.2 Å². The van der Waals surface area contributed by atoms with Crippen molar-refractivity contribution < 1.29 is 19.1 Å². The number of carbonyl (C=O) groups is 1. The van der Waals surface area contributed by atoms with E-state index in [1.165, 1.54) is 61.7 Å². The molecule has 4 bridgehead atoms. The van der Waals surface area contributed by atoms with E-state index in [4.69, 9.17) is 9.94 Å². The van der Waals surface area contributed by atoms with E-state index in [9.17, 15) is 9.18 Å². The van der Waals surface area contributed by atoms with Gasteiger partial charge in [0.15, 0.2) is 11.6 Å². The number of nitrogens with one attached hydrogen (secondary N) is 1. The zero-order valence-corrected chi connectivity index (χ0v) is 15.7. The molecule has 4 saturated carbocycles. The van der Waals surface area contributed by atoms with Crippen LogP contribution in [0.5, 0.6) is 11.5 Å². The summed E-state index contributed by atoms with van der Waals surface area (Å²) in [5.41, 5.74) is 3.25. The van der Waals surface area contributed by atoms with Crippen LogP contribution in [-0.4, -0.2) is 11.1 Å². The summed E-state index contributed by atoms with van der Waals surface area (Å²) in [4.78, 5) is 11.4. The predicted molar refractivity (Wildman–Crippen MR) is 102 cm³/mol. The first-order chi connectivity index (χ1) is 13.5. The highest BCUT2D eigenvalue weighted by Gasteiger charge is 2.51. The minimum atomic E-state index is -0.759. The molecule has 4 fully saturated rings. The molecular weight excluding hydrogens is 357 g/mol. The molecule has 5 heteroatoms. The van der Waals surface area contributed by atoms with Gasteiger partial charge in [0, 0.05) is 5.56 Å². The molecule has 2 N–H and O–H groups in total. The van der Waals surface area contributed by atoms with Gasteiger partial charge in [0.05, 0.1) is 0 Å². The second-order valence-corrected chi connectivity index (χ2v) is 8.91. The molecule has 4 aliphatic rings. The van der Waals surface area contributed by atoms with E-state index >= 15 is 0 Å². The molecule has 0 radical (unpaired) electrons. The summed E-state index contributed by atoms with van der Waals surface area (Å²) in [5, 5.41) is 8.64. The molecule has 1 amide bonds. The van der Waals surface area contributed by atoms with E-state index in [1.807, 2.05) is 12.1 Å². The fraction of sp³-hybridized carbons (Fsp3) is 0.435. The lowest BCUT2D eigenvalue weighted by Gasteiger charge is -2.57. The zero-order valence-electron chi connectivity index (χ0n) is 15.7. The summed E-state index contributed by atoms with van der Waals surface area (Å²) < 4.78 is 19.9. The van der Waals surface area contributed by atoms with Crippen LogP contribution in [0.2, 0.25) is 0 Å². The first-order valence-corrected chi connectivity index (χ1v) is 10.1. The third kappa shape index (κ3) is 2.98. The third-order valence-electron chi connectivity index (χ3n) is 7.03. The lowest BCUT2D eigenvalue weighted by Crippen LogP contribution is -2.48. The number of rotatable bonds is 4. The first kappa shape index (κ1) is 17.7. The van der Waals surface area contributed by atoms with Crippen molar-refractivity contribution in [1.29, 1.82) is 0 Å². The number of ether oxygens (including phenoxy) is 1. The van der Waals surface area contributed by atoms with Crippen molar-refractivity contribution in [2.24, 2.45) is 17.8 Å². The number of amides is 1. The van der Waals surface area contributed by atoms with Crippen molar-refractivity contribution in [2.75, 3.05) is 0 Å². The quantitative estimate of drug-likeness (QED) is 0.565. The first-order valence-electron chi connectivity index (χ1n) is 10.1. The summed E-state index contributed by atoms with van der Waals surface area (Å²) in [7, 11) is 0. The van der Waals surface area contributed by atoms with E-state index < -0.39 is 11.7 Å². The Hall–Kier alpha value is -2.40. The van der Waals surface area contributed by atoms with Gasteiger partial charge in [-0.25, -0.2) is 9.87 Å². The largest absolute Gasteiger partial charge is 0.454 e. The van der Waals surface area contributed by atoms with Gasteiger partial charge in [0.1, 0.15) is 5.75 Å². The number of hydrogen-bond donors (Lipinski definition) is 2. The molecule has 146 valence electrons. The zero-order chi connectivity index (χ0) is 19.3. The third-order valence-corrected chi connectivity index (χ3v) is 7.03. The predicted octanol–water partition coefficient (Wildman–Crippen LogP) is 5.20. The molecule has 2 aromatic carbocycles. The maximum atomic E-state index is 14.2. The highest BCUT2D eigenvalue weighted by atomic mass is 19.1. The Morgan fingerprint density at radius 2 is 1.61 bits per heavy atom. The molecule has 0 heterocycles. The maximum absolute atomic E-state index is 14.2. The summed E-state index contributed by atoms with van der Waals surface area (Å²) in [5.74, 6) is 1.91. The Bertz CT molecular complexity index is 873. The van der Waals surface area contributed by atoms with E-state index in [-0.39, 0.29) is 11.3 Å². The van der Waals surface area contributed by atoms with Gasteiger partial charge in [-0.2, -0.15) is 0 Å². The topological polar surface area (TPSA) is 58.6 Å². The molecule has 0 aromatic heterocycles. The minimum Gasteiger partial charge on any atom is -0.454 e. The molecule has 0 atom stereocenters. The van der Waals surface area contributed by atoms with Crippen molar-refractivity contribution in [1.82, 2.24) is 5.48 Å². The van der Waals surface area contributed by atoms with Gasteiger partial charge < -0.3 is 4.74 Å². The number of carbonyl (C=O) groups excluding carboxylic acids is 1. The number of hydrogen-bond acceptors (Lipinski definition) is 3. The highest BCUT2D eigenvalue weighted by Crippen LogP contribution is 2.60. The van der Waals surface area contributed by atoms with Crippen LogP contribution in [0.4, 0.5) is 4.39 Å². The lowest BCUT2D eigenvalue weighted by atomic mass is 9.48. The van der Waals surface area contributed by atoms with Gasteiger partial charge in [0.2, 0.25) is 0 Å². The molecule has 0 saturated heterocycles. The maximum Gasteiger partial charge on any atom is 0.274 e. The van der Waals surface area contributed by atoms with Crippen LogP contribution in [0, 0.1) is 23.6 Å². The van der Waals surface area contributed by atoms with Crippen LogP contribution in [0.3, 0.4) is 0 Å². The Morgan fingerprint density at radius 1 is 1.00 bits per heavy atom. The lowest BCUT2D eigenvalue weighted by molar-refractivity contribution is -0.00520. The molecule has 4 nitrogen and oxygen atoms in total. The van der Waals surface area contributed by atoms with Crippen LogP contribution in [-0.2, 0) is 5.41 Å². The monoisotopic (exact) mass is 381 g/mol. The molecule has 0 spiro atoms. The molecule has 0 aliphatic heterocycles. The standard InChI is InChI=1S/C23H24FNO3/c24-20-10-17(22(26)25-27)1-6-21(20)28-19-4-2-18(3-5-19)23-11-14-7-15(12-23)9-16(8-14)13-23/h1-6,10,14-16,27H,7-9,11-13H2,(H,25,26). The van der Waals surface area contributed by atoms with Crippen LogP contribution in [0.25, 0.3) is 0 Å². The Balaban J connectivity index is 1.34. The van der Waals surface area contributed by atoms with Gasteiger partial charge >= 0.3 is 0 Å². The van der Waals surface area contributed by atoms with Gasteiger partial charge in [-0.05, 0) is 97.6 Å². The normalized spacial score (nSPS) is 30.3. The number of halogens is 1. The van der Waals surface area contributed by atoms with Gasteiger partial charge in [-0.1, -0.05) is 12.1 Å². The second kappa shape index (κ2) is 6.59. The molecule has 0 unspecified atom stereocenters. The van der Waals surface area contributed by atoms with E-state index in [1.54, 1.807) is 0 Å². The van der Waals surface area contributed by atoms with Crippen LogP contribution in [0.15, 0.2) is 42.5 Å². The minimum absolute atomic E-state index is 0.0320. The average molecular weight is 381 g/mol. The SMILES string of the molecule is O=C(NO)c1ccc(Oc2ccc(C34CC5CC(CC(C5)C3)C4)cc2)c(F)c1. The van der Waals surface area contributed by atoms with Crippen LogP contribution in [0.1, 0.15) is 54.4 Å². The molecule has 6 rings (SSSR count). The van der Waals surface area contributed by atoms with Crippen molar-refractivity contribution in [3.63, 3.8) is 0 Å². The Kier molecular flexibility index (Phi) is 4.16.